The predicted molar refractivity (Wildman–Crippen MR) is 179 cm³/mol. The Morgan fingerprint density at radius 1 is 1.17 bits per heavy atom. The third-order valence-corrected chi connectivity index (χ3v) is 10.6. The van der Waals surface area contributed by atoms with E-state index in [1.807, 2.05) is 0 Å². The van der Waals surface area contributed by atoms with Gasteiger partial charge in [-0.15, -0.1) is 4.83 Å². The Kier molecular flexibility index (Phi) is 10.0. The summed E-state index contributed by atoms with van der Waals surface area (Å²) < 4.78 is 90.2. The summed E-state index contributed by atoms with van der Waals surface area (Å²) in [5, 5.41) is 26.3. The number of fused-ring (bicyclic) bond motifs is 1. The van der Waals surface area contributed by atoms with Crippen LogP contribution in [0.1, 0.15) is 31.6 Å². The first kappa shape index (κ1) is 37.4. The van der Waals surface area contributed by atoms with Crippen molar-refractivity contribution in [1.29, 1.82) is 0 Å². The Labute approximate surface area is 295 Å². The van der Waals surface area contributed by atoms with Gasteiger partial charge in [-0.1, -0.05) is 24.3 Å². The molecule has 1 saturated carbocycles. The van der Waals surface area contributed by atoms with Crippen molar-refractivity contribution >= 4 is 46.7 Å². The third-order valence-electron chi connectivity index (χ3n) is 8.33. The van der Waals surface area contributed by atoms with Gasteiger partial charge >= 0.3 is 13.7 Å². The predicted octanol–water partition coefficient (Wildman–Crippen LogP) is 1.67. The number of carbonyl (C=O) groups excluding carboxylic acids is 1. The van der Waals surface area contributed by atoms with Crippen LogP contribution in [0.15, 0.2) is 54.9 Å². The minimum absolute atomic E-state index is 0.00731. The van der Waals surface area contributed by atoms with E-state index in [1.54, 1.807) is 18.2 Å². The van der Waals surface area contributed by atoms with Crippen LogP contribution >= 0.6 is 7.75 Å². The first-order valence-corrected chi connectivity index (χ1v) is 19.0. The van der Waals surface area contributed by atoms with Gasteiger partial charge in [0.15, 0.2) is 23.2 Å². The van der Waals surface area contributed by atoms with Crippen molar-refractivity contribution in [2.75, 3.05) is 30.7 Å². The van der Waals surface area contributed by atoms with E-state index in [-0.39, 0.29) is 41.5 Å². The second kappa shape index (κ2) is 13.9. The van der Waals surface area contributed by atoms with Gasteiger partial charge in [-0.05, 0) is 44.0 Å². The van der Waals surface area contributed by atoms with E-state index >= 15 is 0 Å². The number of aliphatic hydroxyl groups excluding tert-OH is 1. The number of sulfonamides is 1. The summed E-state index contributed by atoms with van der Waals surface area (Å²) in [5.74, 6) is -2.99. The highest BCUT2D eigenvalue weighted by Crippen LogP contribution is 2.53. The van der Waals surface area contributed by atoms with Crippen molar-refractivity contribution in [3.05, 3.63) is 72.1 Å². The standard InChI is InChI=1S/C30H35F2N8O10PS/c1-29(43)23(41)21(49-26(29)40-16-34-22-24(35-28(33)36-25(22)40)39(2)38-52(3,45)46)15-48-51(44,50-17-8-5-4-6-9-17)37-30(12-13-30)27(42)47-14-18-19(31)10-7-11-20(18)32/h4-11,16,21,23,26,38,41,43H,12-15H2,1-3H3,(H,37,44)(H2,33,35,36)/t21?,23-,26?,29-,51?/m1/s1. The van der Waals surface area contributed by atoms with Crippen molar-refractivity contribution < 1.29 is 55.3 Å². The molecule has 18 nitrogen and oxygen atoms in total. The second-order valence-corrected chi connectivity index (χ2v) is 15.9. The second-order valence-electron chi connectivity index (χ2n) is 12.5. The number of benzene rings is 2. The summed E-state index contributed by atoms with van der Waals surface area (Å²) in [4.78, 5) is 27.9. The van der Waals surface area contributed by atoms with Gasteiger partial charge in [-0.2, -0.15) is 15.1 Å². The number of hydrogen-bond acceptors (Lipinski definition) is 15. The summed E-state index contributed by atoms with van der Waals surface area (Å²) in [5.41, 5.74) is 1.87. The normalized spacial score (nSPS) is 23.6. The molecule has 1 aliphatic heterocycles. The molecule has 2 fully saturated rings. The van der Waals surface area contributed by atoms with Crippen LogP contribution in [0.2, 0.25) is 0 Å². The number of hydrogen-bond donors (Lipinski definition) is 5. The molecule has 1 saturated heterocycles. The summed E-state index contributed by atoms with van der Waals surface area (Å²) in [6, 6.07) is 11.0. The van der Waals surface area contributed by atoms with Crippen molar-refractivity contribution in [3.63, 3.8) is 0 Å². The van der Waals surface area contributed by atoms with Crippen LogP contribution in [0.5, 0.6) is 5.75 Å². The number of rotatable bonds is 14. The van der Waals surface area contributed by atoms with E-state index in [1.165, 1.54) is 43.1 Å². The Hall–Kier alpha value is -4.34. The molecule has 0 bridgehead atoms. The maximum Gasteiger partial charge on any atom is 0.459 e. The average molecular weight is 769 g/mol. The molecular weight excluding hydrogens is 733 g/mol. The molecule has 0 spiro atoms. The number of aromatic nitrogens is 4. The molecular formula is C30H35F2N8O10PS. The summed E-state index contributed by atoms with van der Waals surface area (Å²) >= 11 is 0. The number of hydrazine groups is 1. The molecule has 4 aromatic rings. The molecule has 3 unspecified atom stereocenters. The fourth-order valence-corrected chi connectivity index (χ4v) is 7.89. The molecule has 2 aliphatic rings. The number of aliphatic hydroxyl groups is 2. The fourth-order valence-electron chi connectivity index (χ4n) is 5.56. The number of nitrogens with one attached hydrogen (secondary N) is 2. The Morgan fingerprint density at radius 3 is 2.48 bits per heavy atom. The molecule has 1 aliphatic carbocycles. The zero-order valence-corrected chi connectivity index (χ0v) is 29.6. The fraction of sp³-hybridized carbons (Fsp3) is 0.400. The average Bonchev–Trinajstić information content (AvgIpc) is 3.66. The highest BCUT2D eigenvalue weighted by atomic mass is 32.2. The van der Waals surface area contributed by atoms with Gasteiger partial charge in [0.2, 0.25) is 16.0 Å². The molecule has 6 rings (SSSR count). The van der Waals surface area contributed by atoms with Gasteiger partial charge < -0.3 is 29.9 Å². The summed E-state index contributed by atoms with van der Waals surface area (Å²) in [6.07, 6.45) is -2.06. The molecule has 0 amide bonds. The topological polar surface area (TPSA) is 243 Å². The zero-order valence-electron chi connectivity index (χ0n) is 27.8. The lowest BCUT2D eigenvalue weighted by atomic mass is 9.96. The largest absolute Gasteiger partial charge is 0.459 e. The number of carbonyl (C=O) groups is 1. The van der Waals surface area contributed by atoms with E-state index < -0.39 is 83.7 Å². The monoisotopic (exact) mass is 768 g/mol. The van der Waals surface area contributed by atoms with Gasteiger partial charge in [-0.3, -0.25) is 18.9 Å². The van der Waals surface area contributed by atoms with Crippen LogP contribution < -0.4 is 25.2 Å². The molecule has 0 radical (unpaired) electrons. The number of nitrogens with two attached hydrogens (primary N) is 1. The minimum atomic E-state index is -4.54. The van der Waals surface area contributed by atoms with Crippen LogP contribution in [-0.4, -0.2) is 87.4 Å². The van der Waals surface area contributed by atoms with Gasteiger partial charge in [0.1, 0.15) is 47.3 Å². The number of esters is 1. The van der Waals surface area contributed by atoms with Crippen LogP contribution in [0, 0.1) is 11.6 Å². The molecule has 6 N–H and O–H groups in total. The number of ether oxygens (including phenoxy) is 2. The number of nitrogen functional groups attached to an aromatic ring is 1. The van der Waals surface area contributed by atoms with E-state index in [9.17, 15) is 36.8 Å². The number of para-hydroxylation sites is 1. The maximum absolute atomic E-state index is 14.3. The van der Waals surface area contributed by atoms with Gasteiger partial charge in [0, 0.05) is 7.05 Å². The highest BCUT2D eigenvalue weighted by Gasteiger charge is 2.58. The lowest BCUT2D eigenvalue weighted by molar-refractivity contribution is -0.148. The van der Waals surface area contributed by atoms with Gasteiger partial charge in [-0.25, -0.2) is 26.7 Å². The van der Waals surface area contributed by atoms with Gasteiger partial charge in [0.05, 0.1) is 24.8 Å². The van der Waals surface area contributed by atoms with E-state index in [2.05, 4.69) is 24.9 Å². The summed E-state index contributed by atoms with van der Waals surface area (Å²) in [7, 11) is -6.91. The Morgan fingerprint density at radius 2 is 1.85 bits per heavy atom. The third kappa shape index (κ3) is 7.71. The molecule has 22 heteroatoms. The first-order chi connectivity index (χ1) is 24.4. The van der Waals surface area contributed by atoms with Crippen LogP contribution in [0.4, 0.5) is 20.5 Å². The van der Waals surface area contributed by atoms with Crippen LogP contribution in [0.3, 0.4) is 0 Å². The minimum Gasteiger partial charge on any atom is -0.459 e. The Bertz CT molecular complexity index is 2120. The molecule has 2 aromatic carbocycles. The summed E-state index contributed by atoms with van der Waals surface area (Å²) in [6.45, 7) is -0.120. The number of nitrogens with zero attached hydrogens (tertiary/aromatic N) is 5. The smallest absolute Gasteiger partial charge is 0.459 e. The molecule has 52 heavy (non-hydrogen) atoms. The molecule has 3 heterocycles. The SMILES string of the molecule is CN(NS(C)(=O)=O)c1nc(N)nc2c1ncn2C1OC(COP(=O)(NC2(C(=O)OCc3c(F)cccc3F)CC2)Oc2ccccc2)[C@@H](O)[C@@]1(C)O. The van der Waals surface area contributed by atoms with Crippen LogP contribution in [0.25, 0.3) is 11.2 Å². The van der Waals surface area contributed by atoms with Crippen molar-refractivity contribution in [1.82, 2.24) is 29.4 Å². The zero-order chi connectivity index (χ0) is 37.6. The first-order valence-electron chi connectivity index (χ1n) is 15.6. The van der Waals surface area contributed by atoms with Crippen molar-refractivity contribution in [3.8, 4) is 5.75 Å². The molecule has 5 atom stereocenters. The number of halogens is 2. The van der Waals surface area contributed by atoms with Crippen molar-refractivity contribution in [2.45, 2.75) is 55.9 Å². The molecule has 2 aromatic heterocycles. The van der Waals surface area contributed by atoms with Crippen molar-refractivity contribution in [2.24, 2.45) is 0 Å². The van der Waals surface area contributed by atoms with Crippen LogP contribution in [-0.2, 0) is 40.0 Å². The van der Waals surface area contributed by atoms with E-state index in [0.29, 0.717) is 0 Å². The van der Waals surface area contributed by atoms with E-state index in [0.717, 1.165) is 23.4 Å². The Balaban J connectivity index is 1.22. The molecule has 280 valence electrons. The highest BCUT2D eigenvalue weighted by molar-refractivity contribution is 7.88. The maximum atomic E-state index is 14.3. The quantitative estimate of drug-likeness (QED) is 0.0696. The lowest BCUT2D eigenvalue weighted by Gasteiger charge is -2.27. The lowest BCUT2D eigenvalue weighted by Crippen LogP contribution is -2.45. The number of anilines is 2. The number of imidazole rings is 1. The van der Waals surface area contributed by atoms with Gasteiger partial charge in [0.25, 0.3) is 0 Å². The van der Waals surface area contributed by atoms with E-state index in [4.69, 9.17) is 24.3 Å².